The Morgan fingerprint density at radius 3 is 0.895 bits per heavy atom. The number of fused-ring (bicyclic) bond motifs is 1. The second-order valence-electron chi connectivity index (χ2n) is 17.4. The molecule has 7 rings (SSSR count). The lowest BCUT2D eigenvalue weighted by Crippen LogP contribution is -2.75. The first-order chi connectivity index (χ1) is 34.5. The summed E-state index contributed by atoms with van der Waals surface area (Å²) in [6.07, 6.45) is -54.8. The van der Waals surface area contributed by atoms with Crippen LogP contribution in [0, 0.1) is 0 Å². The van der Waals surface area contributed by atoms with Crippen molar-refractivity contribution in [1.82, 2.24) is 0 Å². The van der Waals surface area contributed by atoms with Gasteiger partial charge in [-0.2, -0.15) is 132 Å². The Morgan fingerprint density at radius 1 is 0.368 bits per heavy atom. The van der Waals surface area contributed by atoms with E-state index in [0.717, 1.165) is 6.54 Å². The van der Waals surface area contributed by atoms with Crippen LogP contribution in [0.25, 0.3) is 10.2 Å². The van der Waals surface area contributed by atoms with E-state index in [2.05, 4.69) is 72.5 Å². The van der Waals surface area contributed by atoms with Crippen molar-refractivity contribution < 1.29 is 110 Å². The highest BCUT2D eigenvalue weighted by Gasteiger charge is 2.47. The van der Waals surface area contributed by atoms with Gasteiger partial charge in [0, 0.05) is 11.1 Å². The Kier molecular flexibility index (Phi) is 15.6. The molecule has 0 aliphatic heterocycles. The number of thiazole rings is 1. The third-order valence-electron chi connectivity index (χ3n) is 11.9. The van der Waals surface area contributed by atoms with Gasteiger partial charge < -0.3 is 0 Å². The molecule has 1 nitrogen and oxygen atoms in total. The Morgan fingerprint density at radius 2 is 0.645 bits per heavy atom. The molecule has 0 aliphatic carbocycles. The molecule has 1 aromatic heterocycles. The maximum Gasteiger partial charge on any atom is 0.416 e. The SMILES string of the molecule is CC(C)c1cccc2sc[n+](Cc3ccccc3)c12.FC(F)(F)c1cc([B-](c2cc(C(F)(F)F)cc(C(F)(F)F)c2)(c2cc(C(F)(F)F)cc(C(F)(F)F)c2)c2cc(C(F)(F)F)cc(C(F)(F)F)c2)cc(C(F)(F)F)c1. The summed E-state index contributed by atoms with van der Waals surface area (Å²) in [7, 11) is 0. The maximum atomic E-state index is 14.2. The van der Waals surface area contributed by atoms with Gasteiger partial charge in [0.1, 0.15) is 10.8 Å². The van der Waals surface area contributed by atoms with Crippen LogP contribution < -0.4 is 26.4 Å². The van der Waals surface area contributed by atoms with Crippen LogP contribution in [-0.2, 0) is 56.0 Å². The lowest BCUT2D eigenvalue weighted by Gasteiger charge is -2.46. The fourth-order valence-electron chi connectivity index (χ4n) is 8.55. The van der Waals surface area contributed by atoms with Crippen molar-refractivity contribution in [3.8, 4) is 0 Å². The molecule has 0 radical (unpaired) electrons. The first-order valence-corrected chi connectivity index (χ1v) is 22.2. The predicted octanol–water partition coefficient (Wildman–Crippen LogP) is 15.6. The molecule has 0 amide bonds. The quantitative estimate of drug-likeness (QED) is 0.0851. The van der Waals surface area contributed by atoms with E-state index in [1.165, 1.54) is 21.3 Å². The second-order valence-corrected chi connectivity index (χ2v) is 18.3. The topological polar surface area (TPSA) is 3.88 Å². The van der Waals surface area contributed by atoms with Crippen molar-refractivity contribution in [3.05, 3.63) is 182 Å². The van der Waals surface area contributed by atoms with Crippen molar-refractivity contribution in [2.75, 3.05) is 0 Å². The van der Waals surface area contributed by atoms with Gasteiger partial charge in [0.05, 0.1) is 44.5 Å². The molecule has 27 heteroatoms. The molecule has 0 aliphatic rings. The van der Waals surface area contributed by atoms with E-state index >= 15 is 0 Å². The fraction of sp³-hybridized carbons (Fsp3) is 0.245. The molecule has 408 valence electrons. The van der Waals surface area contributed by atoms with E-state index in [0.29, 0.717) is 5.92 Å². The summed E-state index contributed by atoms with van der Waals surface area (Å²) < 4.78 is 345. The van der Waals surface area contributed by atoms with Gasteiger partial charge in [-0.25, -0.2) is 0 Å². The van der Waals surface area contributed by atoms with Crippen LogP contribution in [0.5, 0.6) is 0 Å². The van der Waals surface area contributed by atoms with Crippen LogP contribution in [0.3, 0.4) is 0 Å². The highest BCUT2D eigenvalue weighted by atomic mass is 32.1. The summed E-state index contributed by atoms with van der Waals surface area (Å²) in [5.41, 5.74) is -23.8. The van der Waals surface area contributed by atoms with Gasteiger partial charge in [-0.3, -0.25) is 0 Å². The molecule has 76 heavy (non-hydrogen) atoms. The average Bonchev–Trinajstić information content (AvgIpc) is 3.69. The van der Waals surface area contributed by atoms with Crippen molar-refractivity contribution >= 4 is 49.6 Å². The predicted molar refractivity (Wildman–Crippen MR) is 232 cm³/mol. The smallest absolute Gasteiger partial charge is 0.194 e. The van der Waals surface area contributed by atoms with Crippen molar-refractivity contribution in [2.45, 2.75) is 75.7 Å². The van der Waals surface area contributed by atoms with Crippen LogP contribution in [-0.4, -0.2) is 6.15 Å². The van der Waals surface area contributed by atoms with Gasteiger partial charge >= 0.3 is 49.4 Å². The van der Waals surface area contributed by atoms with E-state index in [-0.39, 0.29) is 0 Å². The number of hydrogen-bond donors (Lipinski definition) is 0. The van der Waals surface area contributed by atoms with Gasteiger partial charge in [0.2, 0.25) is 11.0 Å². The summed E-state index contributed by atoms with van der Waals surface area (Å²) >= 11 is 1.83. The summed E-state index contributed by atoms with van der Waals surface area (Å²) in [6.45, 7) is 5.48. The van der Waals surface area contributed by atoms with E-state index in [1.807, 2.05) is 11.3 Å². The molecule has 0 N–H and O–H groups in total. The highest BCUT2D eigenvalue weighted by molar-refractivity contribution is 7.20. The first kappa shape index (κ1) is 58.8. The zero-order valence-electron chi connectivity index (χ0n) is 37.9. The van der Waals surface area contributed by atoms with Gasteiger partial charge in [-0.1, -0.05) is 116 Å². The third-order valence-corrected chi connectivity index (χ3v) is 12.8. The summed E-state index contributed by atoms with van der Waals surface area (Å²) in [5.74, 6) is 0.556. The Hall–Kier alpha value is -6.41. The number of hydrogen-bond acceptors (Lipinski definition) is 1. The minimum absolute atomic E-state index is 0.556. The summed E-state index contributed by atoms with van der Waals surface area (Å²) in [5, 5.41) is 0. The third kappa shape index (κ3) is 12.9. The molecule has 0 bridgehead atoms. The number of benzene rings is 6. The largest absolute Gasteiger partial charge is 0.416 e. The normalized spacial score (nSPS) is 13.6. The lowest BCUT2D eigenvalue weighted by molar-refractivity contribution is -0.658. The molecule has 0 spiro atoms. The Bertz CT molecular complexity index is 2770. The summed E-state index contributed by atoms with van der Waals surface area (Å²) in [6, 6.07) is 8.48. The van der Waals surface area contributed by atoms with Crippen LogP contribution in [0.1, 0.15) is 75.4 Å². The fourth-order valence-corrected chi connectivity index (χ4v) is 9.47. The van der Waals surface area contributed by atoms with E-state index in [9.17, 15) is 105 Å². The number of rotatable bonds is 7. The lowest BCUT2D eigenvalue weighted by atomic mass is 9.12. The summed E-state index contributed by atoms with van der Waals surface area (Å²) in [4.78, 5) is 0. The molecule has 0 atom stereocenters. The van der Waals surface area contributed by atoms with E-state index < -0.39 is 195 Å². The molecule has 0 fully saturated rings. The standard InChI is InChI=1S/C32H12BF24.C17H18NS/c34-25(35,36)13-1-14(26(37,38)39)6-21(5-13)33(22-7-15(27(40,41)42)2-16(8-22)28(43,44)45,23-9-17(29(46,47)48)3-18(10-23)30(49,50)51)24-11-19(31(52,53)54)4-20(12-24)32(55,56)57;1-13(2)15-9-6-10-16-17(15)18(12-19-16)11-14-7-4-3-5-8-14/h1-12H;3-10,12-13H,11H2,1-2H3/q-1;+1. The maximum absolute atomic E-state index is 14.2. The molecule has 7 aromatic rings. The number of para-hydroxylation sites is 1. The van der Waals surface area contributed by atoms with Crippen LogP contribution in [0.2, 0.25) is 0 Å². The highest BCUT2D eigenvalue weighted by Crippen LogP contribution is 2.41. The van der Waals surface area contributed by atoms with Crippen LogP contribution in [0.15, 0.2) is 127 Å². The zero-order valence-corrected chi connectivity index (χ0v) is 38.7. The Labute approximate surface area is 416 Å². The second kappa shape index (κ2) is 20.2. The molecule has 0 unspecified atom stereocenters. The average molecular weight is 1130 g/mol. The van der Waals surface area contributed by atoms with Gasteiger partial charge in [-0.15, -0.1) is 0 Å². The zero-order chi connectivity index (χ0) is 57.2. The van der Waals surface area contributed by atoms with Gasteiger partial charge in [0.25, 0.3) is 0 Å². The van der Waals surface area contributed by atoms with E-state index in [1.54, 1.807) is 0 Å². The van der Waals surface area contributed by atoms with Crippen molar-refractivity contribution in [1.29, 1.82) is 0 Å². The molecule has 1 heterocycles. The number of aromatic nitrogens is 1. The molecule has 0 saturated heterocycles. The monoisotopic (exact) mass is 1130 g/mol. The molecular formula is C49H30BF24NS. The van der Waals surface area contributed by atoms with Crippen LogP contribution in [0.4, 0.5) is 105 Å². The van der Waals surface area contributed by atoms with Crippen molar-refractivity contribution in [2.24, 2.45) is 0 Å². The minimum atomic E-state index is -6.13. The number of alkyl halides is 24. The van der Waals surface area contributed by atoms with Crippen molar-refractivity contribution in [3.63, 3.8) is 0 Å². The number of halogens is 24. The minimum Gasteiger partial charge on any atom is -0.194 e. The molecule has 0 saturated carbocycles. The number of nitrogens with zero attached hydrogens (tertiary/aromatic N) is 1. The molecular weight excluding hydrogens is 1100 g/mol. The van der Waals surface area contributed by atoms with E-state index in [4.69, 9.17) is 0 Å². The van der Waals surface area contributed by atoms with Gasteiger partial charge in [-0.05, 0) is 36.2 Å². The first-order valence-electron chi connectivity index (χ1n) is 21.3. The van der Waals surface area contributed by atoms with Crippen LogP contribution >= 0.6 is 11.3 Å². The Balaban J connectivity index is 0.000000408. The van der Waals surface area contributed by atoms with Gasteiger partial charge in [0.15, 0.2) is 6.54 Å². The molecule has 6 aromatic carbocycles.